The Morgan fingerprint density at radius 2 is 1.82 bits per heavy atom. The van der Waals surface area contributed by atoms with Crippen LogP contribution in [0.3, 0.4) is 0 Å². The Morgan fingerprint density at radius 1 is 1.11 bits per heavy atom. The van der Waals surface area contributed by atoms with Gasteiger partial charge in [0.2, 0.25) is 0 Å². The van der Waals surface area contributed by atoms with E-state index in [9.17, 15) is 13.2 Å². The number of nitriles is 1. The maximum Gasteiger partial charge on any atom is 0.305 e. The summed E-state index contributed by atoms with van der Waals surface area (Å²) in [4.78, 5) is 12.0. The smallest absolute Gasteiger partial charge is 0.305 e. The average Bonchev–Trinajstić information content (AvgIpc) is 2.88. The molecule has 0 amide bonds. The third kappa shape index (κ3) is 7.50. The first kappa shape index (κ1) is 29.0. The van der Waals surface area contributed by atoms with Crippen molar-refractivity contribution in [2.75, 3.05) is 17.5 Å². The third-order valence-corrected chi connectivity index (χ3v) is 8.32. The largest absolute Gasteiger partial charge is 0.493 e. The lowest BCUT2D eigenvalue weighted by molar-refractivity contribution is -0.143. The fraction of sp³-hybridized carbons (Fsp3) is 0.310. The van der Waals surface area contributed by atoms with E-state index in [1.165, 1.54) is 16.4 Å². The number of anilines is 1. The Labute approximate surface area is 229 Å². The molecule has 0 radical (unpaired) electrons. The van der Waals surface area contributed by atoms with Crippen molar-refractivity contribution in [3.63, 3.8) is 0 Å². The molecular weight excluding hydrogens is 524 g/mol. The summed E-state index contributed by atoms with van der Waals surface area (Å²) in [6.45, 7) is 5.97. The standard InChI is InChI=1S/C29H31ClN2O5S/c1-4-36-29(33)14-9-22(3)32(38(34,35)28-8-6-5-7-27(28)30)25-17-21(2)18-26(19-25)37-16-15-23-10-12-24(20-31)13-11-23/h5-8,10-13,17-19,22H,4,9,14-16H2,1-3H3. The first-order valence-corrected chi connectivity index (χ1v) is 14.2. The van der Waals surface area contributed by atoms with E-state index < -0.39 is 16.1 Å². The highest BCUT2D eigenvalue weighted by atomic mass is 35.5. The molecule has 0 bridgehead atoms. The highest BCUT2D eigenvalue weighted by Gasteiger charge is 2.32. The SMILES string of the molecule is CCOC(=O)CCC(C)N(c1cc(C)cc(OCCc2ccc(C#N)cc2)c1)S(=O)(=O)c1ccccc1Cl. The summed E-state index contributed by atoms with van der Waals surface area (Å²) in [5, 5.41) is 9.08. The number of rotatable bonds is 12. The lowest BCUT2D eigenvalue weighted by atomic mass is 10.1. The molecule has 3 aromatic rings. The van der Waals surface area contributed by atoms with Gasteiger partial charge in [-0.25, -0.2) is 8.42 Å². The van der Waals surface area contributed by atoms with Gasteiger partial charge in [0.15, 0.2) is 0 Å². The van der Waals surface area contributed by atoms with Crippen LogP contribution in [0.15, 0.2) is 71.6 Å². The molecule has 0 heterocycles. The van der Waals surface area contributed by atoms with Crippen molar-refractivity contribution in [1.29, 1.82) is 5.26 Å². The Balaban J connectivity index is 1.90. The summed E-state index contributed by atoms with van der Waals surface area (Å²) in [5.74, 6) is 0.135. The molecule has 0 aliphatic heterocycles. The summed E-state index contributed by atoms with van der Waals surface area (Å²) in [6.07, 6.45) is 0.946. The molecule has 0 spiro atoms. The molecule has 0 saturated heterocycles. The first-order valence-electron chi connectivity index (χ1n) is 12.3. The van der Waals surface area contributed by atoms with E-state index in [0.717, 1.165) is 11.1 Å². The Bertz CT molecular complexity index is 1400. The van der Waals surface area contributed by atoms with Gasteiger partial charge in [0.25, 0.3) is 10.0 Å². The molecular formula is C29H31ClN2O5S. The third-order valence-electron chi connectivity index (χ3n) is 5.88. The van der Waals surface area contributed by atoms with Crippen LogP contribution in [0.2, 0.25) is 5.02 Å². The minimum Gasteiger partial charge on any atom is -0.493 e. The number of hydrogen-bond acceptors (Lipinski definition) is 6. The van der Waals surface area contributed by atoms with E-state index >= 15 is 0 Å². The molecule has 1 atom stereocenters. The predicted molar refractivity (Wildman–Crippen MR) is 148 cm³/mol. The van der Waals surface area contributed by atoms with Crippen molar-refractivity contribution < 1.29 is 22.7 Å². The monoisotopic (exact) mass is 554 g/mol. The number of halogens is 1. The van der Waals surface area contributed by atoms with Crippen molar-refractivity contribution in [2.45, 2.75) is 51.0 Å². The second-order valence-electron chi connectivity index (χ2n) is 8.84. The van der Waals surface area contributed by atoms with E-state index in [2.05, 4.69) is 6.07 Å². The molecule has 9 heteroatoms. The minimum atomic E-state index is -4.08. The normalized spacial score (nSPS) is 11.9. The van der Waals surface area contributed by atoms with Crippen molar-refractivity contribution in [3.8, 4) is 11.8 Å². The van der Waals surface area contributed by atoms with Crippen LogP contribution in [0.25, 0.3) is 0 Å². The summed E-state index contributed by atoms with van der Waals surface area (Å²) in [6, 6.07) is 20.4. The lowest BCUT2D eigenvalue weighted by Gasteiger charge is -2.31. The van der Waals surface area contributed by atoms with Gasteiger partial charge >= 0.3 is 5.97 Å². The van der Waals surface area contributed by atoms with Gasteiger partial charge in [-0.2, -0.15) is 5.26 Å². The van der Waals surface area contributed by atoms with Crippen LogP contribution < -0.4 is 9.04 Å². The molecule has 3 aromatic carbocycles. The number of benzene rings is 3. The zero-order valence-corrected chi connectivity index (χ0v) is 23.3. The number of carbonyl (C=O) groups excluding carboxylic acids is 1. The van der Waals surface area contributed by atoms with Gasteiger partial charge < -0.3 is 9.47 Å². The fourth-order valence-electron chi connectivity index (χ4n) is 4.04. The first-order chi connectivity index (χ1) is 18.1. The molecule has 0 aliphatic carbocycles. The molecule has 3 rings (SSSR count). The number of sulfonamides is 1. The van der Waals surface area contributed by atoms with Crippen molar-refractivity contribution in [3.05, 3.63) is 88.4 Å². The molecule has 1 unspecified atom stereocenters. The summed E-state index contributed by atoms with van der Waals surface area (Å²) >= 11 is 6.30. The van der Waals surface area contributed by atoms with E-state index in [4.69, 9.17) is 26.3 Å². The molecule has 0 fully saturated rings. The van der Waals surface area contributed by atoms with Crippen molar-refractivity contribution in [1.82, 2.24) is 0 Å². The van der Waals surface area contributed by atoms with Crippen LogP contribution in [0.4, 0.5) is 5.69 Å². The van der Waals surface area contributed by atoms with Crippen LogP contribution in [0.1, 0.15) is 43.4 Å². The Hall–Kier alpha value is -3.54. The van der Waals surface area contributed by atoms with E-state index in [-0.39, 0.29) is 35.3 Å². The molecule has 7 nitrogen and oxygen atoms in total. The molecule has 0 saturated carbocycles. The van der Waals surface area contributed by atoms with Crippen LogP contribution in [0, 0.1) is 18.3 Å². The number of nitrogens with zero attached hydrogens (tertiary/aromatic N) is 2. The van der Waals surface area contributed by atoms with Gasteiger partial charge in [-0.05, 0) is 74.7 Å². The quantitative estimate of drug-likeness (QED) is 0.252. The van der Waals surface area contributed by atoms with Gasteiger partial charge in [0, 0.05) is 24.9 Å². The summed E-state index contributed by atoms with van der Waals surface area (Å²) < 4.78 is 40.1. The average molecular weight is 555 g/mol. The van der Waals surface area contributed by atoms with Gasteiger partial charge in [-0.1, -0.05) is 35.9 Å². The van der Waals surface area contributed by atoms with Crippen molar-refractivity contribution >= 4 is 33.3 Å². The molecule has 0 aromatic heterocycles. The van der Waals surface area contributed by atoms with Gasteiger partial charge in [0.05, 0.1) is 35.6 Å². The lowest BCUT2D eigenvalue weighted by Crippen LogP contribution is -2.39. The Morgan fingerprint density at radius 3 is 2.47 bits per heavy atom. The highest BCUT2D eigenvalue weighted by Crippen LogP contribution is 2.34. The minimum absolute atomic E-state index is 0.0190. The molecule has 0 aliphatic rings. The second-order valence-corrected chi connectivity index (χ2v) is 11.0. The van der Waals surface area contributed by atoms with E-state index in [1.54, 1.807) is 50.2 Å². The number of ether oxygens (including phenoxy) is 2. The van der Waals surface area contributed by atoms with E-state index in [0.29, 0.717) is 30.0 Å². The second kappa shape index (κ2) is 13.3. The highest BCUT2D eigenvalue weighted by molar-refractivity contribution is 7.93. The summed E-state index contributed by atoms with van der Waals surface area (Å²) in [7, 11) is -4.08. The van der Waals surface area contributed by atoms with Gasteiger partial charge in [-0.3, -0.25) is 9.10 Å². The summed E-state index contributed by atoms with van der Waals surface area (Å²) in [5.41, 5.74) is 2.84. The maximum absolute atomic E-state index is 13.9. The van der Waals surface area contributed by atoms with Gasteiger partial charge in [-0.15, -0.1) is 0 Å². The van der Waals surface area contributed by atoms with Crippen LogP contribution >= 0.6 is 11.6 Å². The maximum atomic E-state index is 13.9. The molecule has 200 valence electrons. The fourth-order valence-corrected chi connectivity index (χ4v) is 6.21. The van der Waals surface area contributed by atoms with Gasteiger partial charge in [0.1, 0.15) is 10.6 Å². The number of carbonyl (C=O) groups is 1. The number of hydrogen-bond donors (Lipinski definition) is 0. The van der Waals surface area contributed by atoms with E-state index in [1.807, 2.05) is 25.1 Å². The predicted octanol–water partition coefficient (Wildman–Crippen LogP) is 6.07. The topological polar surface area (TPSA) is 96.7 Å². The van der Waals surface area contributed by atoms with Crippen LogP contribution in [-0.2, 0) is 26.0 Å². The molecule has 38 heavy (non-hydrogen) atoms. The number of aryl methyl sites for hydroxylation is 1. The van der Waals surface area contributed by atoms with Crippen LogP contribution in [-0.4, -0.2) is 33.6 Å². The Kier molecular flexibility index (Phi) is 10.2. The zero-order chi connectivity index (χ0) is 27.7. The number of esters is 1. The molecule has 0 N–H and O–H groups in total. The van der Waals surface area contributed by atoms with Crippen LogP contribution in [0.5, 0.6) is 5.75 Å². The van der Waals surface area contributed by atoms with Crippen molar-refractivity contribution in [2.24, 2.45) is 0 Å². The zero-order valence-electron chi connectivity index (χ0n) is 21.7.